The Morgan fingerprint density at radius 1 is 1.12 bits per heavy atom. The Morgan fingerprint density at radius 2 is 1.92 bits per heavy atom. The Morgan fingerprint density at radius 3 is 2.71 bits per heavy atom. The topological polar surface area (TPSA) is 84.5 Å². The van der Waals surface area contributed by atoms with Gasteiger partial charge in [-0.1, -0.05) is 12.1 Å². The van der Waals surface area contributed by atoms with Crippen LogP contribution in [0.5, 0.6) is 5.75 Å². The lowest BCUT2D eigenvalue weighted by Crippen LogP contribution is -2.19. The van der Waals surface area contributed by atoms with Crippen LogP contribution in [-0.2, 0) is 16.0 Å². The first-order valence-corrected chi connectivity index (χ1v) is 7.54. The molecule has 122 valence electrons. The lowest BCUT2D eigenvalue weighted by molar-refractivity contribution is -0.131. The van der Waals surface area contributed by atoms with Crippen LogP contribution in [0.4, 0.5) is 11.4 Å². The Hall–Kier alpha value is -3.15. The molecular weight excluding hydrogens is 308 g/mol. The van der Waals surface area contributed by atoms with Gasteiger partial charge in [0.15, 0.2) is 0 Å². The molecule has 2 amide bonds. The molecule has 0 saturated heterocycles. The quantitative estimate of drug-likeness (QED) is 0.671. The molecule has 2 aromatic rings. The fourth-order valence-electron chi connectivity index (χ4n) is 2.56. The molecule has 0 spiro atoms. The number of aryl methyl sites for hydroxylation is 1. The van der Waals surface area contributed by atoms with E-state index in [1.807, 2.05) is 6.07 Å². The van der Waals surface area contributed by atoms with E-state index < -0.39 is 5.97 Å². The van der Waals surface area contributed by atoms with Crippen molar-refractivity contribution in [3.8, 4) is 5.75 Å². The standard InChI is InChI=1S/C18H16N2O4/c1-11(21)24-16-5-3-2-4-14(16)18(23)19-13-7-8-15-12(10-13)6-9-17(22)20-15/h2-5,7-8,10H,6,9H2,1H3,(H,19,23)(H,20,22). The van der Waals surface area contributed by atoms with E-state index in [1.54, 1.807) is 36.4 Å². The van der Waals surface area contributed by atoms with Gasteiger partial charge in [0.2, 0.25) is 5.91 Å². The normalized spacial score (nSPS) is 12.8. The lowest BCUT2D eigenvalue weighted by atomic mass is 10.0. The van der Waals surface area contributed by atoms with Crippen molar-refractivity contribution in [2.24, 2.45) is 0 Å². The highest BCUT2D eigenvalue weighted by atomic mass is 16.5. The largest absolute Gasteiger partial charge is 0.426 e. The summed E-state index contributed by atoms with van der Waals surface area (Å²) in [5.41, 5.74) is 2.64. The zero-order valence-corrected chi connectivity index (χ0v) is 13.1. The predicted octanol–water partition coefficient (Wildman–Crippen LogP) is 2.75. The van der Waals surface area contributed by atoms with Gasteiger partial charge in [-0.15, -0.1) is 0 Å². The van der Waals surface area contributed by atoms with Gasteiger partial charge in [-0.3, -0.25) is 14.4 Å². The third-order valence-corrected chi connectivity index (χ3v) is 3.64. The summed E-state index contributed by atoms with van der Waals surface area (Å²) in [5, 5.41) is 5.58. The molecule has 1 aliphatic heterocycles. The minimum absolute atomic E-state index is 0.00501. The van der Waals surface area contributed by atoms with Gasteiger partial charge in [-0.2, -0.15) is 0 Å². The fraction of sp³-hybridized carbons (Fsp3) is 0.167. The van der Waals surface area contributed by atoms with E-state index in [0.717, 1.165) is 11.3 Å². The molecular formula is C18H16N2O4. The molecule has 1 heterocycles. The summed E-state index contributed by atoms with van der Waals surface area (Å²) >= 11 is 0. The van der Waals surface area contributed by atoms with E-state index >= 15 is 0 Å². The molecule has 0 aromatic heterocycles. The van der Waals surface area contributed by atoms with Crippen molar-refractivity contribution in [3.05, 3.63) is 53.6 Å². The third-order valence-electron chi connectivity index (χ3n) is 3.64. The molecule has 2 aromatic carbocycles. The van der Waals surface area contributed by atoms with Crippen molar-refractivity contribution >= 4 is 29.2 Å². The minimum atomic E-state index is -0.486. The number of carbonyl (C=O) groups is 3. The number of amides is 2. The molecule has 0 atom stereocenters. The van der Waals surface area contributed by atoms with E-state index in [1.165, 1.54) is 6.92 Å². The Kier molecular flexibility index (Phi) is 4.29. The minimum Gasteiger partial charge on any atom is -0.426 e. The third kappa shape index (κ3) is 3.43. The van der Waals surface area contributed by atoms with E-state index in [-0.39, 0.29) is 23.1 Å². The zero-order chi connectivity index (χ0) is 17.1. The van der Waals surface area contributed by atoms with Crippen LogP contribution < -0.4 is 15.4 Å². The van der Waals surface area contributed by atoms with Crippen molar-refractivity contribution < 1.29 is 19.1 Å². The zero-order valence-electron chi connectivity index (χ0n) is 13.1. The summed E-state index contributed by atoms with van der Waals surface area (Å²) in [6.45, 7) is 1.28. The summed E-state index contributed by atoms with van der Waals surface area (Å²) in [6, 6.07) is 11.9. The molecule has 0 fully saturated rings. The highest BCUT2D eigenvalue weighted by Crippen LogP contribution is 2.26. The maximum atomic E-state index is 12.5. The number of anilines is 2. The van der Waals surface area contributed by atoms with Gasteiger partial charge < -0.3 is 15.4 Å². The van der Waals surface area contributed by atoms with Crippen LogP contribution in [0, 0.1) is 0 Å². The number of carbonyl (C=O) groups excluding carboxylic acids is 3. The number of esters is 1. The van der Waals surface area contributed by atoms with E-state index in [2.05, 4.69) is 10.6 Å². The Bertz CT molecular complexity index is 830. The van der Waals surface area contributed by atoms with Gasteiger partial charge >= 0.3 is 5.97 Å². The van der Waals surface area contributed by atoms with Gasteiger partial charge in [0.1, 0.15) is 5.75 Å². The molecule has 2 N–H and O–H groups in total. The molecule has 0 radical (unpaired) electrons. The van der Waals surface area contributed by atoms with E-state index in [0.29, 0.717) is 18.5 Å². The van der Waals surface area contributed by atoms with Crippen LogP contribution >= 0.6 is 0 Å². The SMILES string of the molecule is CC(=O)Oc1ccccc1C(=O)Nc1ccc2c(c1)CCC(=O)N2. The maximum Gasteiger partial charge on any atom is 0.308 e. The fourth-order valence-corrected chi connectivity index (χ4v) is 2.56. The summed E-state index contributed by atoms with van der Waals surface area (Å²) in [4.78, 5) is 35.0. The van der Waals surface area contributed by atoms with Crippen molar-refractivity contribution in [2.75, 3.05) is 10.6 Å². The van der Waals surface area contributed by atoms with E-state index in [9.17, 15) is 14.4 Å². The van der Waals surface area contributed by atoms with Crippen molar-refractivity contribution in [1.29, 1.82) is 0 Å². The molecule has 0 saturated carbocycles. The molecule has 1 aliphatic rings. The molecule has 24 heavy (non-hydrogen) atoms. The van der Waals surface area contributed by atoms with Crippen molar-refractivity contribution in [1.82, 2.24) is 0 Å². The number of ether oxygens (including phenoxy) is 1. The van der Waals surface area contributed by atoms with Crippen molar-refractivity contribution in [3.63, 3.8) is 0 Å². The first kappa shape index (κ1) is 15.7. The van der Waals surface area contributed by atoms with Crippen LogP contribution in [-0.4, -0.2) is 17.8 Å². The van der Waals surface area contributed by atoms with Crippen LogP contribution in [0.15, 0.2) is 42.5 Å². The van der Waals surface area contributed by atoms with Gasteiger partial charge in [0.25, 0.3) is 5.91 Å². The highest BCUT2D eigenvalue weighted by molar-refractivity contribution is 6.06. The van der Waals surface area contributed by atoms with Gasteiger partial charge in [-0.25, -0.2) is 0 Å². The lowest BCUT2D eigenvalue weighted by Gasteiger charge is -2.18. The monoisotopic (exact) mass is 324 g/mol. The van der Waals surface area contributed by atoms with Crippen molar-refractivity contribution in [2.45, 2.75) is 19.8 Å². The highest BCUT2D eigenvalue weighted by Gasteiger charge is 2.17. The number of para-hydroxylation sites is 1. The second kappa shape index (κ2) is 6.54. The number of hydrogen-bond donors (Lipinski definition) is 2. The Labute approximate surface area is 138 Å². The van der Waals surface area contributed by atoms with Gasteiger partial charge in [-0.05, 0) is 42.3 Å². The number of benzene rings is 2. The summed E-state index contributed by atoms with van der Waals surface area (Å²) in [6.07, 6.45) is 1.06. The smallest absolute Gasteiger partial charge is 0.308 e. The molecule has 3 rings (SSSR count). The summed E-state index contributed by atoms with van der Waals surface area (Å²) in [7, 11) is 0. The maximum absolute atomic E-state index is 12.5. The van der Waals surface area contributed by atoms with Crippen LogP contribution in [0.2, 0.25) is 0 Å². The first-order valence-electron chi connectivity index (χ1n) is 7.54. The predicted molar refractivity (Wildman–Crippen MR) is 89.1 cm³/mol. The van der Waals surface area contributed by atoms with Crippen LogP contribution in [0.25, 0.3) is 0 Å². The van der Waals surface area contributed by atoms with E-state index in [4.69, 9.17) is 4.74 Å². The number of nitrogens with one attached hydrogen (secondary N) is 2. The average molecular weight is 324 g/mol. The van der Waals surface area contributed by atoms with Crippen LogP contribution in [0.1, 0.15) is 29.3 Å². The second-order valence-electron chi connectivity index (χ2n) is 5.46. The summed E-state index contributed by atoms with van der Waals surface area (Å²) in [5.74, 6) is -0.645. The molecule has 0 aliphatic carbocycles. The average Bonchev–Trinajstić information content (AvgIpc) is 2.55. The molecule has 6 heteroatoms. The number of hydrogen-bond acceptors (Lipinski definition) is 4. The summed E-state index contributed by atoms with van der Waals surface area (Å²) < 4.78 is 5.06. The second-order valence-corrected chi connectivity index (χ2v) is 5.46. The number of rotatable bonds is 3. The van der Waals surface area contributed by atoms with Gasteiger partial charge in [0.05, 0.1) is 5.56 Å². The molecule has 0 bridgehead atoms. The molecule has 6 nitrogen and oxygen atoms in total. The van der Waals surface area contributed by atoms with Crippen LogP contribution in [0.3, 0.4) is 0 Å². The Balaban J connectivity index is 1.81. The first-order chi connectivity index (χ1) is 11.5. The number of fused-ring (bicyclic) bond motifs is 1. The molecule has 0 unspecified atom stereocenters. The van der Waals surface area contributed by atoms with Gasteiger partial charge in [0, 0.05) is 24.7 Å².